The molecule has 2 fully saturated rings. The molecule has 9 heteroatoms. The molecule has 1 aromatic carbocycles. The molecule has 0 unspecified atom stereocenters. The van der Waals surface area contributed by atoms with Gasteiger partial charge in [0.05, 0.1) is 16.6 Å². The Morgan fingerprint density at radius 3 is 2.32 bits per heavy atom. The van der Waals surface area contributed by atoms with E-state index in [1.54, 1.807) is 12.1 Å². The summed E-state index contributed by atoms with van der Waals surface area (Å²) in [5.41, 5.74) is 5.39. The maximum absolute atomic E-state index is 12.9. The number of hydrogen-bond donors (Lipinski definition) is 1. The van der Waals surface area contributed by atoms with Gasteiger partial charge in [0, 0.05) is 37.8 Å². The standard InChI is InChI=1S/C22H32FN3O4S/c1-17(2)26-12-9-22(21(26)27)7-10-25(11-8-22)16-31(28,29)20-5-3-19(4-6-20)30-15-18(13-23)14-24/h3-6,13,17H,7-12,14-16,24H2,1-2H3/b18-13+. The Kier molecular flexibility index (Phi) is 7.39. The maximum atomic E-state index is 12.9. The summed E-state index contributed by atoms with van der Waals surface area (Å²) in [5.74, 6) is 0.593. The van der Waals surface area contributed by atoms with Gasteiger partial charge in [-0.3, -0.25) is 9.69 Å². The summed E-state index contributed by atoms with van der Waals surface area (Å²) >= 11 is 0. The van der Waals surface area contributed by atoms with Gasteiger partial charge < -0.3 is 15.4 Å². The minimum atomic E-state index is -3.51. The first-order valence-electron chi connectivity index (χ1n) is 10.7. The molecule has 3 rings (SSSR count). The number of nitrogens with two attached hydrogens (primary N) is 1. The van der Waals surface area contributed by atoms with Crippen LogP contribution < -0.4 is 10.5 Å². The van der Waals surface area contributed by atoms with Crippen LogP contribution in [0, 0.1) is 5.41 Å². The fourth-order valence-corrected chi connectivity index (χ4v) is 5.72. The van der Waals surface area contributed by atoms with E-state index in [2.05, 4.69) is 0 Å². The predicted octanol–water partition coefficient (Wildman–Crippen LogP) is 2.33. The lowest BCUT2D eigenvalue weighted by molar-refractivity contribution is -0.139. The highest BCUT2D eigenvalue weighted by Crippen LogP contribution is 2.42. The van der Waals surface area contributed by atoms with Crippen molar-refractivity contribution in [2.75, 3.05) is 38.7 Å². The number of hydrogen-bond acceptors (Lipinski definition) is 6. The van der Waals surface area contributed by atoms with E-state index in [0.29, 0.717) is 43.6 Å². The van der Waals surface area contributed by atoms with Crippen LogP contribution in [0.1, 0.15) is 33.1 Å². The lowest BCUT2D eigenvalue weighted by Gasteiger charge is -2.38. The van der Waals surface area contributed by atoms with Crippen LogP contribution in [0.25, 0.3) is 0 Å². The van der Waals surface area contributed by atoms with Gasteiger partial charge in [-0.05, 0) is 57.4 Å². The van der Waals surface area contributed by atoms with E-state index >= 15 is 0 Å². The third-order valence-electron chi connectivity index (χ3n) is 6.36. The molecule has 1 amide bonds. The van der Waals surface area contributed by atoms with E-state index < -0.39 is 9.84 Å². The van der Waals surface area contributed by atoms with Crippen LogP contribution in [-0.2, 0) is 14.6 Å². The van der Waals surface area contributed by atoms with Gasteiger partial charge in [-0.15, -0.1) is 0 Å². The summed E-state index contributed by atoms with van der Waals surface area (Å²) in [7, 11) is -3.51. The Morgan fingerprint density at radius 1 is 1.19 bits per heavy atom. The number of sulfone groups is 1. The number of rotatable bonds is 8. The van der Waals surface area contributed by atoms with E-state index in [1.165, 1.54) is 12.1 Å². The lowest BCUT2D eigenvalue weighted by Crippen LogP contribution is -2.46. The van der Waals surface area contributed by atoms with Gasteiger partial charge in [-0.25, -0.2) is 12.8 Å². The van der Waals surface area contributed by atoms with Gasteiger partial charge in [0.1, 0.15) is 18.2 Å². The highest BCUT2D eigenvalue weighted by Gasteiger charge is 2.48. The first kappa shape index (κ1) is 23.7. The van der Waals surface area contributed by atoms with Crippen LogP contribution in [0.2, 0.25) is 0 Å². The second-order valence-corrected chi connectivity index (χ2v) is 10.7. The van der Waals surface area contributed by atoms with E-state index in [9.17, 15) is 17.6 Å². The molecular formula is C22H32FN3O4S. The van der Waals surface area contributed by atoms with Crippen molar-refractivity contribution in [3.63, 3.8) is 0 Å². The number of likely N-dealkylation sites (tertiary alicyclic amines) is 2. The Morgan fingerprint density at radius 2 is 1.81 bits per heavy atom. The number of carbonyl (C=O) groups excluding carboxylic acids is 1. The molecule has 7 nitrogen and oxygen atoms in total. The van der Waals surface area contributed by atoms with Gasteiger partial charge in [0.2, 0.25) is 5.91 Å². The highest BCUT2D eigenvalue weighted by molar-refractivity contribution is 7.91. The van der Waals surface area contributed by atoms with E-state index in [-0.39, 0.29) is 41.3 Å². The first-order valence-corrected chi connectivity index (χ1v) is 12.3. The molecular weight excluding hydrogens is 421 g/mol. The van der Waals surface area contributed by atoms with Crippen molar-refractivity contribution in [1.29, 1.82) is 0 Å². The fourth-order valence-electron chi connectivity index (χ4n) is 4.28. The summed E-state index contributed by atoms with van der Waals surface area (Å²) in [6.07, 6.45) is 2.67. The average Bonchev–Trinajstić information content (AvgIpc) is 3.07. The second kappa shape index (κ2) is 9.67. The molecule has 2 heterocycles. The van der Waals surface area contributed by atoms with Gasteiger partial charge in [0.15, 0.2) is 9.84 Å². The monoisotopic (exact) mass is 453 g/mol. The molecule has 1 spiro atoms. The average molecular weight is 454 g/mol. The number of carbonyl (C=O) groups is 1. The molecule has 2 N–H and O–H groups in total. The molecule has 1 aromatic rings. The SMILES string of the molecule is CC(C)N1CCC2(CCN(CS(=O)(=O)c3ccc(OC/C(=C/F)CN)cc3)CC2)C1=O. The number of halogens is 1. The van der Waals surface area contributed by atoms with Crippen LogP contribution in [0.3, 0.4) is 0 Å². The van der Waals surface area contributed by atoms with Crippen molar-refractivity contribution in [2.45, 2.75) is 44.0 Å². The molecule has 0 aliphatic carbocycles. The largest absolute Gasteiger partial charge is 0.489 e. The van der Waals surface area contributed by atoms with Crippen LogP contribution >= 0.6 is 0 Å². The first-order chi connectivity index (χ1) is 14.7. The number of piperidine rings is 1. The topological polar surface area (TPSA) is 92.9 Å². The third kappa shape index (κ3) is 5.27. The zero-order chi connectivity index (χ0) is 22.6. The van der Waals surface area contributed by atoms with Crippen molar-refractivity contribution in [1.82, 2.24) is 9.80 Å². The summed E-state index contributed by atoms with van der Waals surface area (Å²) in [4.78, 5) is 16.9. The summed E-state index contributed by atoms with van der Waals surface area (Å²) in [5, 5.41) is 0. The van der Waals surface area contributed by atoms with Crippen molar-refractivity contribution in [3.8, 4) is 5.75 Å². The molecule has 0 atom stereocenters. The van der Waals surface area contributed by atoms with Gasteiger partial charge >= 0.3 is 0 Å². The van der Waals surface area contributed by atoms with Gasteiger partial charge in [0.25, 0.3) is 0 Å². The Hall–Kier alpha value is -1.97. The Balaban J connectivity index is 1.56. The zero-order valence-electron chi connectivity index (χ0n) is 18.2. The molecule has 2 saturated heterocycles. The minimum Gasteiger partial charge on any atom is -0.489 e. The number of ether oxygens (including phenoxy) is 1. The fraction of sp³-hybridized carbons (Fsp3) is 0.591. The van der Waals surface area contributed by atoms with Crippen molar-refractivity contribution >= 4 is 15.7 Å². The molecule has 2 aliphatic rings. The van der Waals surface area contributed by atoms with Crippen molar-refractivity contribution in [3.05, 3.63) is 36.2 Å². The summed E-state index contributed by atoms with van der Waals surface area (Å²) in [6, 6.07) is 6.31. The third-order valence-corrected chi connectivity index (χ3v) is 8.05. The van der Waals surface area contributed by atoms with E-state index in [0.717, 1.165) is 13.0 Å². The highest BCUT2D eigenvalue weighted by atomic mass is 32.2. The second-order valence-electron chi connectivity index (χ2n) is 8.72. The smallest absolute Gasteiger partial charge is 0.229 e. The lowest BCUT2D eigenvalue weighted by atomic mass is 9.77. The Labute approximate surface area is 183 Å². The van der Waals surface area contributed by atoms with Crippen molar-refractivity contribution in [2.24, 2.45) is 11.1 Å². The number of nitrogens with zero attached hydrogens (tertiary/aromatic N) is 2. The van der Waals surface area contributed by atoms with Crippen LogP contribution in [0.5, 0.6) is 5.75 Å². The van der Waals surface area contributed by atoms with Crippen molar-refractivity contribution < 1.29 is 22.3 Å². The molecule has 2 aliphatic heterocycles. The molecule has 0 radical (unpaired) electrons. The molecule has 31 heavy (non-hydrogen) atoms. The van der Waals surface area contributed by atoms with Crippen LogP contribution in [0.15, 0.2) is 41.1 Å². The summed E-state index contributed by atoms with van der Waals surface area (Å²) < 4.78 is 43.7. The van der Waals surface area contributed by atoms with Gasteiger partial charge in [-0.1, -0.05) is 0 Å². The summed E-state index contributed by atoms with van der Waals surface area (Å²) in [6.45, 7) is 6.11. The number of benzene rings is 1. The van der Waals surface area contributed by atoms with E-state index in [1.807, 2.05) is 23.6 Å². The predicted molar refractivity (Wildman–Crippen MR) is 117 cm³/mol. The molecule has 0 saturated carbocycles. The van der Waals surface area contributed by atoms with Crippen LogP contribution in [-0.4, -0.2) is 68.8 Å². The number of amides is 1. The minimum absolute atomic E-state index is 0.0155. The normalized spacial score (nSPS) is 20.1. The zero-order valence-corrected chi connectivity index (χ0v) is 19.0. The maximum Gasteiger partial charge on any atom is 0.229 e. The van der Waals surface area contributed by atoms with E-state index in [4.69, 9.17) is 10.5 Å². The van der Waals surface area contributed by atoms with Crippen LogP contribution in [0.4, 0.5) is 4.39 Å². The molecule has 172 valence electrons. The molecule has 0 bridgehead atoms. The quantitative estimate of drug-likeness (QED) is 0.649. The van der Waals surface area contributed by atoms with Gasteiger partial charge in [-0.2, -0.15) is 0 Å². The molecule has 0 aromatic heterocycles. The Bertz CT molecular complexity index is 907.